The lowest BCUT2D eigenvalue weighted by atomic mass is 9.99. The van der Waals surface area contributed by atoms with Crippen molar-refractivity contribution in [2.45, 2.75) is 6.92 Å². The van der Waals surface area contributed by atoms with Gasteiger partial charge in [-0.3, -0.25) is 4.79 Å². The van der Waals surface area contributed by atoms with E-state index in [-0.39, 0.29) is 11.6 Å². The summed E-state index contributed by atoms with van der Waals surface area (Å²) in [5, 5.41) is 0.714. The molecule has 0 radical (unpaired) electrons. The first-order valence-electron chi connectivity index (χ1n) is 5.25. The molecule has 2 aromatic rings. The fraction of sp³-hybridized carbons (Fsp3) is 0.0714. The van der Waals surface area contributed by atoms with Gasteiger partial charge in [0.1, 0.15) is 5.82 Å². The first-order chi connectivity index (χ1) is 8.49. The van der Waals surface area contributed by atoms with Crippen molar-refractivity contribution in [3.63, 3.8) is 0 Å². The van der Waals surface area contributed by atoms with Gasteiger partial charge >= 0.3 is 0 Å². The van der Waals surface area contributed by atoms with Crippen LogP contribution in [-0.4, -0.2) is 5.78 Å². The van der Waals surface area contributed by atoms with Crippen LogP contribution in [0.1, 0.15) is 21.5 Å². The summed E-state index contributed by atoms with van der Waals surface area (Å²) in [6.07, 6.45) is 0. The highest BCUT2D eigenvalue weighted by Gasteiger charge is 2.13. The van der Waals surface area contributed by atoms with Crippen molar-refractivity contribution in [2.75, 3.05) is 0 Å². The number of halogens is 3. The van der Waals surface area contributed by atoms with Crippen LogP contribution < -0.4 is 0 Å². The number of aryl methyl sites for hydroxylation is 1. The van der Waals surface area contributed by atoms with Crippen LogP contribution in [0.5, 0.6) is 0 Å². The maximum Gasteiger partial charge on any atom is 0.193 e. The van der Waals surface area contributed by atoms with E-state index >= 15 is 0 Å². The Morgan fingerprint density at radius 3 is 2.39 bits per heavy atom. The smallest absolute Gasteiger partial charge is 0.193 e. The van der Waals surface area contributed by atoms with Gasteiger partial charge in [0.05, 0.1) is 10.0 Å². The molecule has 0 amide bonds. The van der Waals surface area contributed by atoms with E-state index in [0.717, 1.165) is 0 Å². The van der Waals surface area contributed by atoms with Crippen molar-refractivity contribution in [2.24, 2.45) is 0 Å². The number of hydrogen-bond donors (Lipinski definition) is 0. The summed E-state index contributed by atoms with van der Waals surface area (Å²) in [6, 6.07) is 8.72. The van der Waals surface area contributed by atoms with E-state index < -0.39 is 0 Å². The van der Waals surface area contributed by atoms with E-state index in [1.165, 1.54) is 24.3 Å². The Kier molecular flexibility index (Phi) is 3.69. The van der Waals surface area contributed by atoms with Gasteiger partial charge < -0.3 is 0 Å². The average Bonchev–Trinajstić information content (AvgIpc) is 2.32. The minimum absolute atomic E-state index is 0.203. The predicted octanol–water partition coefficient (Wildman–Crippen LogP) is 4.67. The zero-order chi connectivity index (χ0) is 13.3. The minimum atomic E-state index is -0.363. The van der Waals surface area contributed by atoms with Crippen LogP contribution in [0.25, 0.3) is 0 Å². The maximum atomic E-state index is 13.0. The van der Waals surface area contributed by atoms with Crippen LogP contribution in [0.4, 0.5) is 4.39 Å². The summed E-state index contributed by atoms with van der Waals surface area (Å²) in [4.78, 5) is 12.2. The molecule has 0 N–H and O–H groups in total. The molecule has 0 unspecified atom stereocenters. The molecule has 0 aliphatic carbocycles. The van der Waals surface area contributed by atoms with E-state index in [1.807, 2.05) is 0 Å². The molecule has 0 fully saturated rings. The molecule has 0 saturated heterocycles. The van der Waals surface area contributed by atoms with E-state index in [0.29, 0.717) is 26.7 Å². The third kappa shape index (κ3) is 2.55. The summed E-state index contributed by atoms with van der Waals surface area (Å²) in [6.45, 7) is 1.69. The highest BCUT2D eigenvalue weighted by molar-refractivity contribution is 6.42. The van der Waals surface area contributed by atoms with Crippen LogP contribution in [0, 0.1) is 12.7 Å². The number of hydrogen-bond acceptors (Lipinski definition) is 1. The molecule has 92 valence electrons. The Bertz CT molecular complexity index is 623. The monoisotopic (exact) mass is 282 g/mol. The third-order valence-corrected chi connectivity index (χ3v) is 3.35. The second kappa shape index (κ2) is 5.09. The van der Waals surface area contributed by atoms with Gasteiger partial charge in [0.25, 0.3) is 0 Å². The molecule has 0 aliphatic heterocycles. The molecule has 0 bridgehead atoms. The highest BCUT2D eigenvalue weighted by atomic mass is 35.5. The molecular formula is C14H9Cl2FO. The molecule has 0 aliphatic rings. The van der Waals surface area contributed by atoms with Crippen LogP contribution >= 0.6 is 23.2 Å². The van der Waals surface area contributed by atoms with Gasteiger partial charge in [0.15, 0.2) is 5.78 Å². The van der Waals surface area contributed by atoms with Crippen molar-refractivity contribution in [1.82, 2.24) is 0 Å². The Labute approximate surface area is 114 Å². The normalized spacial score (nSPS) is 10.4. The fourth-order valence-corrected chi connectivity index (χ4v) is 1.97. The summed E-state index contributed by atoms with van der Waals surface area (Å²) in [5.41, 5.74) is 1.47. The number of benzene rings is 2. The Balaban J connectivity index is 2.44. The van der Waals surface area contributed by atoms with E-state index in [2.05, 4.69) is 0 Å². The van der Waals surface area contributed by atoms with Gasteiger partial charge in [-0.25, -0.2) is 4.39 Å². The van der Waals surface area contributed by atoms with Gasteiger partial charge in [-0.05, 0) is 48.9 Å². The van der Waals surface area contributed by atoms with Crippen LogP contribution in [-0.2, 0) is 0 Å². The highest BCUT2D eigenvalue weighted by Crippen LogP contribution is 2.24. The predicted molar refractivity (Wildman–Crippen MR) is 71.0 cm³/mol. The second-order valence-corrected chi connectivity index (χ2v) is 4.73. The minimum Gasteiger partial charge on any atom is -0.289 e. The lowest BCUT2D eigenvalue weighted by Gasteiger charge is -2.06. The van der Waals surface area contributed by atoms with Crippen LogP contribution in [0.2, 0.25) is 10.0 Å². The standard InChI is InChI=1S/C14H9Cl2FO/c1-8-6-10(17)3-4-11(8)14(18)9-2-5-12(15)13(16)7-9/h2-7H,1H3. The molecule has 4 heteroatoms. The molecule has 0 spiro atoms. The van der Waals surface area contributed by atoms with Crippen molar-refractivity contribution in [3.05, 3.63) is 69.0 Å². The molecule has 0 saturated carbocycles. The zero-order valence-corrected chi connectivity index (χ0v) is 11.0. The first kappa shape index (κ1) is 13.1. The maximum absolute atomic E-state index is 13.0. The van der Waals surface area contributed by atoms with Gasteiger partial charge in [-0.1, -0.05) is 23.2 Å². The van der Waals surface area contributed by atoms with E-state index in [1.54, 1.807) is 19.1 Å². The zero-order valence-electron chi connectivity index (χ0n) is 9.51. The summed E-state index contributed by atoms with van der Waals surface area (Å²) in [7, 11) is 0. The molecule has 0 atom stereocenters. The molecule has 18 heavy (non-hydrogen) atoms. The summed E-state index contributed by atoms with van der Waals surface area (Å²) < 4.78 is 13.0. The SMILES string of the molecule is Cc1cc(F)ccc1C(=O)c1ccc(Cl)c(Cl)c1. The molecular weight excluding hydrogens is 274 g/mol. The lowest BCUT2D eigenvalue weighted by molar-refractivity contribution is 0.103. The Morgan fingerprint density at radius 1 is 1.06 bits per heavy atom. The largest absolute Gasteiger partial charge is 0.289 e. The van der Waals surface area contributed by atoms with E-state index in [9.17, 15) is 9.18 Å². The number of carbonyl (C=O) groups excluding carboxylic acids is 1. The topological polar surface area (TPSA) is 17.1 Å². The molecule has 0 heterocycles. The third-order valence-electron chi connectivity index (χ3n) is 2.61. The number of carbonyl (C=O) groups is 1. The van der Waals surface area contributed by atoms with Crippen LogP contribution in [0.15, 0.2) is 36.4 Å². The van der Waals surface area contributed by atoms with Crippen molar-refractivity contribution in [3.8, 4) is 0 Å². The van der Waals surface area contributed by atoms with Crippen molar-refractivity contribution in [1.29, 1.82) is 0 Å². The first-order valence-corrected chi connectivity index (χ1v) is 6.00. The molecule has 0 aromatic heterocycles. The van der Waals surface area contributed by atoms with Crippen molar-refractivity contribution >= 4 is 29.0 Å². The van der Waals surface area contributed by atoms with Crippen molar-refractivity contribution < 1.29 is 9.18 Å². The van der Waals surface area contributed by atoms with Gasteiger partial charge in [0.2, 0.25) is 0 Å². The summed E-state index contributed by atoms with van der Waals surface area (Å²) in [5.74, 6) is -0.566. The van der Waals surface area contributed by atoms with Gasteiger partial charge in [-0.15, -0.1) is 0 Å². The Morgan fingerprint density at radius 2 is 1.78 bits per heavy atom. The number of rotatable bonds is 2. The van der Waals surface area contributed by atoms with E-state index in [4.69, 9.17) is 23.2 Å². The quantitative estimate of drug-likeness (QED) is 0.732. The summed E-state index contributed by atoms with van der Waals surface area (Å²) >= 11 is 11.7. The van der Waals surface area contributed by atoms with Gasteiger partial charge in [-0.2, -0.15) is 0 Å². The lowest BCUT2D eigenvalue weighted by Crippen LogP contribution is -2.04. The molecule has 1 nitrogen and oxygen atoms in total. The Hall–Kier alpha value is -1.38. The fourth-order valence-electron chi connectivity index (χ4n) is 1.67. The van der Waals surface area contributed by atoms with Crippen LogP contribution in [0.3, 0.4) is 0 Å². The molecule has 2 rings (SSSR count). The second-order valence-electron chi connectivity index (χ2n) is 3.92. The average molecular weight is 283 g/mol. The number of ketones is 1. The molecule has 2 aromatic carbocycles. The van der Waals surface area contributed by atoms with Gasteiger partial charge in [0, 0.05) is 11.1 Å².